The van der Waals surface area contributed by atoms with Gasteiger partial charge in [-0.25, -0.2) is 0 Å². The predicted molar refractivity (Wildman–Crippen MR) is 62.7 cm³/mol. The Balaban J connectivity index is 2.05. The zero-order chi connectivity index (χ0) is 11.1. The van der Waals surface area contributed by atoms with Crippen LogP contribution in [-0.2, 0) is 4.79 Å². The molecule has 0 radical (unpaired) electrons. The number of piperidine rings is 1. The molecule has 15 heavy (non-hydrogen) atoms. The molecule has 1 heterocycles. The zero-order valence-electron chi connectivity index (χ0n) is 10.0. The molecule has 0 aromatic carbocycles. The van der Waals surface area contributed by atoms with E-state index in [4.69, 9.17) is 0 Å². The van der Waals surface area contributed by atoms with Gasteiger partial charge in [0.15, 0.2) is 0 Å². The third kappa shape index (κ3) is 5.78. The van der Waals surface area contributed by atoms with E-state index in [1.54, 1.807) is 0 Å². The molecule has 1 amide bonds. The Labute approximate surface area is 93.0 Å². The topological polar surface area (TPSA) is 41.1 Å². The van der Waals surface area contributed by atoms with Crippen LogP contribution in [0.1, 0.15) is 39.5 Å². The largest absolute Gasteiger partial charge is 0.356 e. The van der Waals surface area contributed by atoms with Crippen molar-refractivity contribution in [1.82, 2.24) is 10.6 Å². The molecule has 88 valence electrons. The highest BCUT2D eigenvalue weighted by Gasteiger charge is 2.14. The van der Waals surface area contributed by atoms with E-state index in [1.807, 2.05) is 0 Å². The maximum Gasteiger partial charge on any atom is 0.220 e. The summed E-state index contributed by atoms with van der Waals surface area (Å²) in [5.41, 5.74) is 0. The van der Waals surface area contributed by atoms with Crippen molar-refractivity contribution in [2.45, 2.75) is 39.5 Å². The molecule has 1 fully saturated rings. The SMILES string of the molecule is CC(C)CNC(=O)CCC1CCCNC1. The average molecular weight is 212 g/mol. The molecule has 2 N–H and O–H groups in total. The normalized spacial score (nSPS) is 21.7. The predicted octanol–water partition coefficient (Wildman–Crippen LogP) is 1.54. The maximum absolute atomic E-state index is 11.5. The third-order valence-electron chi connectivity index (χ3n) is 2.89. The van der Waals surface area contributed by atoms with Crippen molar-refractivity contribution in [3.05, 3.63) is 0 Å². The average Bonchev–Trinajstić information content (AvgIpc) is 2.25. The highest BCUT2D eigenvalue weighted by atomic mass is 16.1. The van der Waals surface area contributed by atoms with Crippen molar-refractivity contribution in [2.24, 2.45) is 11.8 Å². The first kappa shape index (κ1) is 12.5. The summed E-state index contributed by atoms with van der Waals surface area (Å²) in [6.07, 6.45) is 4.28. The summed E-state index contributed by atoms with van der Waals surface area (Å²) >= 11 is 0. The van der Waals surface area contributed by atoms with Crippen molar-refractivity contribution in [3.8, 4) is 0 Å². The molecule has 1 aliphatic heterocycles. The quantitative estimate of drug-likeness (QED) is 0.726. The Morgan fingerprint density at radius 3 is 2.93 bits per heavy atom. The molecule has 1 saturated heterocycles. The van der Waals surface area contributed by atoms with Crippen molar-refractivity contribution < 1.29 is 4.79 Å². The molecule has 0 spiro atoms. The van der Waals surface area contributed by atoms with Gasteiger partial charge >= 0.3 is 0 Å². The van der Waals surface area contributed by atoms with E-state index in [-0.39, 0.29) is 5.91 Å². The van der Waals surface area contributed by atoms with Crippen LogP contribution >= 0.6 is 0 Å². The summed E-state index contributed by atoms with van der Waals surface area (Å²) in [6, 6.07) is 0. The van der Waals surface area contributed by atoms with E-state index in [2.05, 4.69) is 24.5 Å². The molecular formula is C12H24N2O. The first-order valence-corrected chi connectivity index (χ1v) is 6.16. The van der Waals surface area contributed by atoms with Gasteiger partial charge in [0, 0.05) is 13.0 Å². The first-order chi connectivity index (χ1) is 7.18. The Hall–Kier alpha value is -0.570. The molecule has 0 aromatic rings. The Morgan fingerprint density at radius 2 is 2.33 bits per heavy atom. The summed E-state index contributed by atoms with van der Waals surface area (Å²) in [5.74, 6) is 1.48. The minimum atomic E-state index is 0.217. The van der Waals surface area contributed by atoms with Crippen LogP contribution in [-0.4, -0.2) is 25.5 Å². The van der Waals surface area contributed by atoms with Gasteiger partial charge in [-0.2, -0.15) is 0 Å². The molecule has 3 heteroatoms. The summed E-state index contributed by atoms with van der Waals surface area (Å²) in [7, 11) is 0. The highest BCUT2D eigenvalue weighted by molar-refractivity contribution is 5.75. The lowest BCUT2D eigenvalue weighted by Gasteiger charge is -2.22. The van der Waals surface area contributed by atoms with Gasteiger partial charge in [-0.15, -0.1) is 0 Å². The fourth-order valence-electron chi connectivity index (χ4n) is 1.91. The molecule has 1 aliphatic rings. The van der Waals surface area contributed by atoms with Gasteiger partial charge in [-0.1, -0.05) is 13.8 Å². The van der Waals surface area contributed by atoms with Crippen molar-refractivity contribution in [3.63, 3.8) is 0 Å². The molecule has 1 rings (SSSR count). The number of amides is 1. The van der Waals surface area contributed by atoms with Gasteiger partial charge in [-0.3, -0.25) is 4.79 Å². The van der Waals surface area contributed by atoms with Crippen LogP contribution in [0.2, 0.25) is 0 Å². The molecule has 0 bridgehead atoms. The van der Waals surface area contributed by atoms with Gasteiger partial charge in [0.25, 0.3) is 0 Å². The standard InChI is InChI=1S/C12H24N2O/c1-10(2)8-14-12(15)6-5-11-4-3-7-13-9-11/h10-11,13H,3-9H2,1-2H3,(H,14,15). The number of nitrogens with one attached hydrogen (secondary N) is 2. The number of carbonyl (C=O) groups excluding carboxylic acids is 1. The van der Waals surface area contributed by atoms with Gasteiger partial charge in [0.05, 0.1) is 0 Å². The molecular weight excluding hydrogens is 188 g/mol. The van der Waals surface area contributed by atoms with Crippen LogP contribution < -0.4 is 10.6 Å². The summed E-state index contributed by atoms with van der Waals surface area (Å²) in [5, 5.41) is 6.34. The minimum Gasteiger partial charge on any atom is -0.356 e. The zero-order valence-corrected chi connectivity index (χ0v) is 10.0. The van der Waals surface area contributed by atoms with Gasteiger partial charge < -0.3 is 10.6 Å². The first-order valence-electron chi connectivity index (χ1n) is 6.16. The van der Waals surface area contributed by atoms with E-state index >= 15 is 0 Å². The van der Waals surface area contributed by atoms with Crippen LogP contribution in [0, 0.1) is 11.8 Å². The van der Waals surface area contributed by atoms with E-state index in [0.29, 0.717) is 18.3 Å². The summed E-state index contributed by atoms with van der Waals surface area (Å²) in [6.45, 7) is 7.28. The van der Waals surface area contributed by atoms with E-state index < -0.39 is 0 Å². The molecule has 0 aliphatic carbocycles. The van der Waals surface area contributed by atoms with Crippen LogP contribution in [0.3, 0.4) is 0 Å². The van der Waals surface area contributed by atoms with E-state index in [1.165, 1.54) is 12.8 Å². The molecule has 3 nitrogen and oxygen atoms in total. The maximum atomic E-state index is 11.5. The number of hydrogen-bond donors (Lipinski definition) is 2. The van der Waals surface area contributed by atoms with Crippen LogP contribution in [0.15, 0.2) is 0 Å². The van der Waals surface area contributed by atoms with E-state index in [0.717, 1.165) is 26.1 Å². The number of carbonyl (C=O) groups is 1. The van der Waals surface area contributed by atoms with E-state index in [9.17, 15) is 4.79 Å². The fraction of sp³-hybridized carbons (Fsp3) is 0.917. The molecule has 1 unspecified atom stereocenters. The molecule has 0 saturated carbocycles. The van der Waals surface area contributed by atoms with Crippen LogP contribution in [0.25, 0.3) is 0 Å². The number of rotatable bonds is 5. The second kappa shape index (κ2) is 6.83. The fourth-order valence-corrected chi connectivity index (χ4v) is 1.91. The van der Waals surface area contributed by atoms with Crippen LogP contribution in [0.4, 0.5) is 0 Å². The van der Waals surface area contributed by atoms with Crippen molar-refractivity contribution in [2.75, 3.05) is 19.6 Å². The lowest BCUT2D eigenvalue weighted by molar-refractivity contribution is -0.121. The monoisotopic (exact) mass is 212 g/mol. The Kier molecular flexibility index (Phi) is 5.69. The highest BCUT2D eigenvalue weighted by Crippen LogP contribution is 2.15. The lowest BCUT2D eigenvalue weighted by atomic mass is 9.94. The Bertz CT molecular complexity index is 186. The third-order valence-corrected chi connectivity index (χ3v) is 2.89. The lowest BCUT2D eigenvalue weighted by Crippen LogP contribution is -2.32. The van der Waals surface area contributed by atoms with Crippen LogP contribution in [0.5, 0.6) is 0 Å². The van der Waals surface area contributed by atoms with Crippen molar-refractivity contribution in [1.29, 1.82) is 0 Å². The van der Waals surface area contributed by atoms with Gasteiger partial charge in [0.1, 0.15) is 0 Å². The second-order valence-corrected chi connectivity index (χ2v) is 4.95. The minimum absolute atomic E-state index is 0.217. The number of hydrogen-bond acceptors (Lipinski definition) is 2. The molecule has 0 aromatic heterocycles. The summed E-state index contributed by atoms with van der Waals surface area (Å²) in [4.78, 5) is 11.5. The molecule has 1 atom stereocenters. The van der Waals surface area contributed by atoms with Gasteiger partial charge in [0.2, 0.25) is 5.91 Å². The smallest absolute Gasteiger partial charge is 0.220 e. The second-order valence-electron chi connectivity index (χ2n) is 4.95. The summed E-state index contributed by atoms with van der Waals surface area (Å²) < 4.78 is 0. The Morgan fingerprint density at radius 1 is 1.53 bits per heavy atom. The van der Waals surface area contributed by atoms with Gasteiger partial charge in [-0.05, 0) is 44.2 Å². The van der Waals surface area contributed by atoms with Crippen molar-refractivity contribution >= 4 is 5.91 Å².